The van der Waals surface area contributed by atoms with Crippen LogP contribution in [-0.2, 0) is 65.4 Å². The summed E-state index contributed by atoms with van der Waals surface area (Å²) in [4.78, 5) is 72.7. The lowest BCUT2D eigenvalue weighted by atomic mass is 10.0. The fraction of sp³-hybridized carbons (Fsp3) is 0.890. The van der Waals surface area contributed by atoms with Crippen LogP contribution in [0.5, 0.6) is 0 Å². The van der Waals surface area contributed by atoms with Gasteiger partial charge in [0.1, 0.15) is 19.3 Å². The summed E-state index contributed by atoms with van der Waals surface area (Å²) in [6.45, 7) is 11.7. The van der Waals surface area contributed by atoms with Crippen molar-refractivity contribution in [3.63, 3.8) is 0 Å². The number of carbonyl (C=O) groups is 4. The van der Waals surface area contributed by atoms with Crippen molar-refractivity contribution in [3.05, 3.63) is 24.3 Å². The number of hydrogen-bond acceptors (Lipinski definition) is 15. The number of aliphatic hydroxyl groups excluding tert-OH is 1. The van der Waals surface area contributed by atoms with Gasteiger partial charge >= 0.3 is 39.5 Å². The fourth-order valence-electron chi connectivity index (χ4n) is 10.5. The molecule has 19 heteroatoms. The van der Waals surface area contributed by atoms with E-state index in [1.165, 1.54) is 135 Å². The summed E-state index contributed by atoms with van der Waals surface area (Å²) in [6, 6.07) is 0. The van der Waals surface area contributed by atoms with E-state index >= 15 is 0 Å². The molecule has 0 aromatic heterocycles. The van der Waals surface area contributed by atoms with Crippen molar-refractivity contribution in [1.82, 2.24) is 0 Å². The van der Waals surface area contributed by atoms with E-state index in [4.69, 9.17) is 37.0 Å². The topological polar surface area (TPSA) is 237 Å². The van der Waals surface area contributed by atoms with E-state index in [1.54, 1.807) is 0 Å². The van der Waals surface area contributed by atoms with Crippen LogP contribution in [0, 0.1) is 17.8 Å². The minimum atomic E-state index is -4.96. The smallest absolute Gasteiger partial charge is 0.462 e. The third kappa shape index (κ3) is 66.2. The average molecular weight is 1350 g/mol. The predicted molar refractivity (Wildman–Crippen MR) is 372 cm³/mol. The molecule has 0 saturated heterocycles. The fourth-order valence-corrected chi connectivity index (χ4v) is 12.1. The van der Waals surface area contributed by atoms with Crippen molar-refractivity contribution >= 4 is 39.5 Å². The van der Waals surface area contributed by atoms with E-state index < -0.39 is 97.5 Å². The van der Waals surface area contributed by atoms with Gasteiger partial charge in [-0.1, -0.05) is 291 Å². The summed E-state index contributed by atoms with van der Waals surface area (Å²) in [5.41, 5.74) is 0. The van der Waals surface area contributed by atoms with Crippen molar-refractivity contribution in [2.24, 2.45) is 17.8 Å². The van der Waals surface area contributed by atoms with Crippen molar-refractivity contribution in [1.29, 1.82) is 0 Å². The first kappa shape index (κ1) is 89.5. The molecular formula is C73H138O17P2. The van der Waals surface area contributed by atoms with E-state index in [9.17, 15) is 43.2 Å². The predicted octanol–water partition coefficient (Wildman–Crippen LogP) is 20.6. The van der Waals surface area contributed by atoms with Gasteiger partial charge in [-0.05, 0) is 69.1 Å². The monoisotopic (exact) mass is 1350 g/mol. The molecule has 0 amide bonds. The molecule has 0 aliphatic rings. The molecule has 0 aromatic carbocycles. The van der Waals surface area contributed by atoms with Gasteiger partial charge in [-0.2, -0.15) is 0 Å². The van der Waals surface area contributed by atoms with E-state index in [1.807, 2.05) is 0 Å². The molecule has 0 aliphatic heterocycles. The number of carbonyl (C=O) groups excluding carboxylic acids is 4. The molecule has 17 nitrogen and oxygen atoms in total. The molecule has 3 unspecified atom stereocenters. The van der Waals surface area contributed by atoms with Crippen LogP contribution in [0.15, 0.2) is 24.3 Å². The van der Waals surface area contributed by atoms with Crippen LogP contribution >= 0.6 is 15.6 Å². The Kier molecular flexibility index (Phi) is 61.6. The minimum absolute atomic E-state index is 0.0991. The van der Waals surface area contributed by atoms with Gasteiger partial charge in [0, 0.05) is 25.7 Å². The van der Waals surface area contributed by atoms with E-state index in [0.717, 1.165) is 127 Å². The number of phosphoric acid groups is 2. The van der Waals surface area contributed by atoms with Gasteiger partial charge in [0.05, 0.1) is 26.4 Å². The van der Waals surface area contributed by atoms with Crippen molar-refractivity contribution < 1.29 is 80.2 Å². The Morgan fingerprint density at radius 3 is 0.880 bits per heavy atom. The molecule has 0 bridgehead atoms. The third-order valence-corrected chi connectivity index (χ3v) is 18.2. The van der Waals surface area contributed by atoms with Crippen molar-refractivity contribution in [2.45, 2.75) is 362 Å². The quantitative estimate of drug-likeness (QED) is 0.0169. The zero-order chi connectivity index (χ0) is 68.0. The minimum Gasteiger partial charge on any atom is -0.462 e. The Morgan fingerprint density at radius 1 is 0.337 bits per heavy atom. The molecule has 3 N–H and O–H groups in total. The summed E-state index contributed by atoms with van der Waals surface area (Å²) in [5.74, 6) is 0.0687. The average Bonchev–Trinajstić information content (AvgIpc) is 1.81. The number of allylic oxidation sites excluding steroid dienone is 4. The highest BCUT2D eigenvalue weighted by Gasteiger charge is 2.30. The largest absolute Gasteiger partial charge is 0.472 e. The first-order chi connectivity index (χ1) is 44.2. The Morgan fingerprint density at radius 2 is 0.587 bits per heavy atom. The first-order valence-electron chi connectivity index (χ1n) is 37.2. The zero-order valence-corrected chi connectivity index (χ0v) is 61.3. The lowest BCUT2D eigenvalue weighted by molar-refractivity contribution is -0.161. The lowest BCUT2D eigenvalue weighted by Gasteiger charge is -2.21. The Hall–Kier alpha value is -2.46. The molecule has 0 aliphatic carbocycles. The summed E-state index contributed by atoms with van der Waals surface area (Å²) >= 11 is 0. The van der Waals surface area contributed by atoms with Crippen LogP contribution in [-0.4, -0.2) is 96.7 Å². The van der Waals surface area contributed by atoms with E-state index in [0.29, 0.717) is 25.7 Å². The number of ether oxygens (including phenoxy) is 4. The molecule has 542 valence electrons. The summed E-state index contributed by atoms with van der Waals surface area (Å²) in [5, 5.41) is 10.6. The molecule has 0 aromatic rings. The Balaban J connectivity index is 5.30. The highest BCUT2D eigenvalue weighted by atomic mass is 31.2. The van der Waals surface area contributed by atoms with Gasteiger partial charge in [0.15, 0.2) is 12.2 Å². The number of esters is 4. The Labute approximate surface area is 561 Å². The molecule has 0 spiro atoms. The third-order valence-electron chi connectivity index (χ3n) is 16.3. The van der Waals surface area contributed by atoms with Crippen LogP contribution in [0.2, 0.25) is 0 Å². The summed E-state index contributed by atoms with van der Waals surface area (Å²) in [6.07, 6.45) is 50.8. The molecule has 5 atom stereocenters. The molecule has 0 fully saturated rings. The van der Waals surface area contributed by atoms with Crippen LogP contribution in [0.3, 0.4) is 0 Å². The molecule has 92 heavy (non-hydrogen) atoms. The van der Waals surface area contributed by atoms with Crippen LogP contribution in [0.4, 0.5) is 0 Å². The van der Waals surface area contributed by atoms with Crippen molar-refractivity contribution in [3.8, 4) is 0 Å². The van der Waals surface area contributed by atoms with Gasteiger partial charge in [-0.3, -0.25) is 37.3 Å². The maximum atomic E-state index is 13.0. The summed E-state index contributed by atoms with van der Waals surface area (Å²) in [7, 11) is -9.92. The summed E-state index contributed by atoms with van der Waals surface area (Å²) < 4.78 is 68.4. The molecule has 0 rings (SSSR count). The van der Waals surface area contributed by atoms with Crippen LogP contribution < -0.4 is 0 Å². The van der Waals surface area contributed by atoms with Gasteiger partial charge < -0.3 is 33.8 Å². The number of phosphoric ester groups is 2. The van der Waals surface area contributed by atoms with Gasteiger partial charge in [-0.25, -0.2) is 9.13 Å². The van der Waals surface area contributed by atoms with E-state index in [-0.39, 0.29) is 25.7 Å². The van der Waals surface area contributed by atoms with Crippen LogP contribution in [0.25, 0.3) is 0 Å². The second-order valence-corrected chi connectivity index (χ2v) is 30.0. The second kappa shape index (κ2) is 63.3. The molecule has 0 heterocycles. The van der Waals surface area contributed by atoms with Crippen LogP contribution in [0.1, 0.15) is 344 Å². The number of hydrogen-bond donors (Lipinski definition) is 3. The standard InChI is InChI=1S/C73H138O17P2/c1-8-9-10-11-12-13-14-15-16-17-20-25-33-40-47-54-70(75)83-60-68(89-72(77)56-49-42-35-26-21-18-19-23-30-37-44-51-64(2)3)62-87-91(79,80)85-58-67(74)59-86-92(81,82)88-63-69(61-84-71(76)55-48-41-34-29-28-32-39-46-53-66(6)7)90-73(78)57-50-43-36-27-22-24-31-38-45-52-65(4)5/h13-16,64-69,74H,8-12,17-63H2,1-7H3,(H,79,80)(H,81,82)/b14-13-,16-15-/t67?,68-,69-/m1/s1. The SMILES string of the molecule is CCCCCC/C=C\C=C/CCCCCCCC(=O)OC[C@H](COP(=O)(O)OCC(O)COP(=O)(O)OC[C@@H](COC(=O)CCCCCCCCCCC(C)C)OC(=O)CCCCCCCCCCCC(C)C)OC(=O)CCCCCCCCCCCCCC(C)C. The normalized spacial score (nSPS) is 14.3. The highest BCUT2D eigenvalue weighted by molar-refractivity contribution is 7.47. The number of rotatable bonds is 69. The molecular weight excluding hydrogens is 1210 g/mol. The number of unbranched alkanes of at least 4 members (excludes halogenated alkanes) is 34. The second-order valence-electron chi connectivity index (χ2n) is 27.1. The Bertz CT molecular complexity index is 1890. The molecule has 0 radical (unpaired) electrons. The maximum Gasteiger partial charge on any atom is 0.472 e. The molecule has 0 saturated carbocycles. The maximum absolute atomic E-state index is 13.0. The lowest BCUT2D eigenvalue weighted by Crippen LogP contribution is -2.30. The zero-order valence-electron chi connectivity index (χ0n) is 59.5. The van der Waals surface area contributed by atoms with Gasteiger partial charge in [0.2, 0.25) is 0 Å². The first-order valence-corrected chi connectivity index (χ1v) is 40.2. The highest BCUT2D eigenvalue weighted by Crippen LogP contribution is 2.45. The van der Waals surface area contributed by atoms with Gasteiger partial charge in [0.25, 0.3) is 0 Å². The van der Waals surface area contributed by atoms with Gasteiger partial charge in [-0.15, -0.1) is 0 Å². The van der Waals surface area contributed by atoms with E-state index in [2.05, 4.69) is 72.8 Å². The van der Waals surface area contributed by atoms with Crippen molar-refractivity contribution in [2.75, 3.05) is 39.6 Å². The number of aliphatic hydroxyl groups is 1.